The first kappa shape index (κ1) is 17.6. The van der Waals surface area contributed by atoms with Gasteiger partial charge in [0.25, 0.3) is 5.91 Å². The van der Waals surface area contributed by atoms with Crippen LogP contribution in [0.2, 0.25) is 0 Å². The lowest BCUT2D eigenvalue weighted by Crippen LogP contribution is -2.14. The van der Waals surface area contributed by atoms with Crippen LogP contribution in [-0.4, -0.2) is 10.9 Å². The minimum absolute atomic E-state index is 0.242. The topological polar surface area (TPSA) is 54.0 Å². The molecule has 1 amide bonds. The largest absolute Gasteiger partial charge is 0.354 e. The van der Waals surface area contributed by atoms with Crippen LogP contribution >= 0.6 is 0 Å². The zero-order chi connectivity index (χ0) is 18.5. The standard InChI is InChI=1S/C21H20FN3O/c1-14(2)19-8-3-4-9-20(19)25-21(26)15-10-18(13-23-12-15)24-17-7-5-6-16(22)11-17/h3-14,24H,1-2H3,(H,25,26). The Balaban J connectivity index is 1.79. The molecule has 0 saturated carbocycles. The van der Waals surface area contributed by atoms with Gasteiger partial charge in [-0.2, -0.15) is 0 Å². The number of para-hydroxylation sites is 1. The molecule has 0 spiro atoms. The van der Waals surface area contributed by atoms with Gasteiger partial charge >= 0.3 is 0 Å². The van der Waals surface area contributed by atoms with Crippen molar-refractivity contribution in [2.45, 2.75) is 19.8 Å². The first-order valence-corrected chi connectivity index (χ1v) is 8.41. The molecule has 2 aromatic carbocycles. The van der Waals surface area contributed by atoms with Crippen LogP contribution in [0.25, 0.3) is 0 Å². The summed E-state index contributed by atoms with van der Waals surface area (Å²) in [4.78, 5) is 16.7. The Bertz CT molecular complexity index is 924. The average Bonchev–Trinajstić information content (AvgIpc) is 2.62. The summed E-state index contributed by atoms with van der Waals surface area (Å²) >= 11 is 0. The molecule has 1 heterocycles. The van der Waals surface area contributed by atoms with Crippen molar-refractivity contribution < 1.29 is 9.18 Å². The number of nitrogens with zero attached hydrogens (tertiary/aromatic N) is 1. The van der Waals surface area contributed by atoms with E-state index in [1.54, 1.807) is 24.4 Å². The minimum atomic E-state index is -0.331. The fraction of sp³-hybridized carbons (Fsp3) is 0.143. The molecule has 0 saturated heterocycles. The Morgan fingerprint density at radius 1 is 1.00 bits per heavy atom. The summed E-state index contributed by atoms with van der Waals surface area (Å²) < 4.78 is 13.3. The monoisotopic (exact) mass is 349 g/mol. The van der Waals surface area contributed by atoms with Gasteiger partial charge in [-0.15, -0.1) is 0 Å². The maximum atomic E-state index is 13.3. The molecule has 0 aliphatic heterocycles. The van der Waals surface area contributed by atoms with E-state index in [0.29, 0.717) is 22.9 Å². The van der Waals surface area contributed by atoms with E-state index in [1.165, 1.54) is 18.3 Å². The SMILES string of the molecule is CC(C)c1ccccc1NC(=O)c1cncc(Nc2cccc(F)c2)c1. The molecule has 0 fully saturated rings. The summed E-state index contributed by atoms with van der Waals surface area (Å²) in [5.41, 5.74) is 3.48. The van der Waals surface area contributed by atoms with Crippen LogP contribution in [0.1, 0.15) is 35.7 Å². The maximum absolute atomic E-state index is 13.3. The number of hydrogen-bond acceptors (Lipinski definition) is 3. The van der Waals surface area contributed by atoms with Crippen LogP contribution in [0.3, 0.4) is 0 Å². The number of halogens is 1. The first-order chi connectivity index (χ1) is 12.5. The van der Waals surface area contributed by atoms with Crippen molar-refractivity contribution in [3.8, 4) is 0 Å². The van der Waals surface area contributed by atoms with Gasteiger partial charge in [0.05, 0.1) is 17.4 Å². The van der Waals surface area contributed by atoms with Crippen molar-refractivity contribution in [1.29, 1.82) is 0 Å². The second-order valence-corrected chi connectivity index (χ2v) is 6.29. The first-order valence-electron chi connectivity index (χ1n) is 8.41. The molecule has 3 rings (SSSR count). The van der Waals surface area contributed by atoms with Gasteiger partial charge in [-0.1, -0.05) is 38.1 Å². The fourth-order valence-electron chi connectivity index (χ4n) is 2.67. The van der Waals surface area contributed by atoms with Gasteiger partial charge in [0.1, 0.15) is 5.82 Å². The van der Waals surface area contributed by atoms with E-state index in [2.05, 4.69) is 29.5 Å². The Kier molecular flexibility index (Phi) is 5.27. The summed E-state index contributed by atoms with van der Waals surface area (Å²) in [5.74, 6) is -0.277. The number of hydrogen-bond donors (Lipinski definition) is 2. The number of aromatic nitrogens is 1. The van der Waals surface area contributed by atoms with Crippen LogP contribution in [0.5, 0.6) is 0 Å². The summed E-state index contributed by atoms with van der Waals surface area (Å²) in [6.45, 7) is 4.16. The van der Waals surface area contributed by atoms with Crippen molar-refractivity contribution >= 4 is 23.0 Å². The Labute approximate surface area is 152 Å². The van der Waals surface area contributed by atoms with Crippen LogP contribution < -0.4 is 10.6 Å². The van der Waals surface area contributed by atoms with E-state index < -0.39 is 0 Å². The molecule has 2 N–H and O–H groups in total. The highest BCUT2D eigenvalue weighted by Crippen LogP contribution is 2.24. The molecular weight excluding hydrogens is 329 g/mol. The lowest BCUT2D eigenvalue weighted by molar-refractivity contribution is 0.102. The molecule has 5 heteroatoms. The second-order valence-electron chi connectivity index (χ2n) is 6.29. The van der Waals surface area contributed by atoms with Gasteiger partial charge in [0.2, 0.25) is 0 Å². The number of benzene rings is 2. The van der Waals surface area contributed by atoms with E-state index >= 15 is 0 Å². The highest BCUT2D eigenvalue weighted by Gasteiger charge is 2.12. The highest BCUT2D eigenvalue weighted by molar-refractivity contribution is 6.05. The molecule has 1 aromatic heterocycles. The van der Waals surface area contributed by atoms with Crippen LogP contribution in [0, 0.1) is 5.82 Å². The molecule has 26 heavy (non-hydrogen) atoms. The maximum Gasteiger partial charge on any atom is 0.257 e. The number of carbonyl (C=O) groups excluding carboxylic acids is 1. The van der Waals surface area contributed by atoms with E-state index in [1.807, 2.05) is 24.3 Å². The van der Waals surface area contributed by atoms with Crippen molar-refractivity contribution in [3.05, 3.63) is 83.9 Å². The number of rotatable bonds is 5. The van der Waals surface area contributed by atoms with Gasteiger partial charge in [-0.05, 0) is 41.8 Å². The van der Waals surface area contributed by atoms with Crippen LogP contribution in [0.15, 0.2) is 67.0 Å². The highest BCUT2D eigenvalue weighted by atomic mass is 19.1. The molecule has 0 radical (unpaired) electrons. The van der Waals surface area contributed by atoms with Gasteiger partial charge in [-0.3, -0.25) is 9.78 Å². The van der Waals surface area contributed by atoms with Crippen molar-refractivity contribution in [2.75, 3.05) is 10.6 Å². The third kappa shape index (κ3) is 4.25. The molecule has 3 aromatic rings. The fourth-order valence-corrected chi connectivity index (χ4v) is 2.67. The molecular formula is C21H20FN3O. The van der Waals surface area contributed by atoms with Crippen molar-refractivity contribution in [2.24, 2.45) is 0 Å². The van der Waals surface area contributed by atoms with E-state index in [0.717, 1.165) is 11.3 Å². The molecule has 132 valence electrons. The van der Waals surface area contributed by atoms with E-state index in [9.17, 15) is 9.18 Å². The van der Waals surface area contributed by atoms with Gasteiger partial charge in [0, 0.05) is 17.6 Å². The van der Waals surface area contributed by atoms with Crippen molar-refractivity contribution in [1.82, 2.24) is 4.98 Å². The third-order valence-electron chi connectivity index (χ3n) is 3.94. The molecule has 0 unspecified atom stereocenters. The number of pyridine rings is 1. The lowest BCUT2D eigenvalue weighted by Gasteiger charge is -2.14. The number of carbonyl (C=O) groups is 1. The zero-order valence-corrected chi connectivity index (χ0v) is 14.7. The Morgan fingerprint density at radius 3 is 2.58 bits per heavy atom. The van der Waals surface area contributed by atoms with Crippen molar-refractivity contribution in [3.63, 3.8) is 0 Å². The van der Waals surface area contributed by atoms with Gasteiger partial charge in [-0.25, -0.2) is 4.39 Å². The molecule has 0 bridgehead atoms. The number of anilines is 3. The summed E-state index contributed by atoms with van der Waals surface area (Å²) in [7, 11) is 0. The van der Waals surface area contributed by atoms with Crippen LogP contribution in [0.4, 0.5) is 21.5 Å². The molecule has 4 nitrogen and oxygen atoms in total. The van der Waals surface area contributed by atoms with Gasteiger partial charge in [0.15, 0.2) is 0 Å². The van der Waals surface area contributed by atoms with Crippen LogP contribution in [-0.2, 0) is 0 Å². The molecule has 0 aliphatic carbocycles. The van der Waals surface area contributed by atoms with E-state index in [4.69, 9.17) is 0 Å². The predicted octanol–water partition coefficient (Wildman–Crippen LogP) is 5.34. The predicted molar refractivity (Wildman–Crippen MR) is 102 cm³/mol. The Hall–Kier alpha value is -3.21. The molecule has 0 atom stereocenters. The smallest absolute Gasteiger partial charge is 0.257 e. The minimum Gasteiger partial charge on any atom is -0.354 e. The van der Waals surface area contributed by atoms with Gasteiger partial charge < -0.3 is 10.6 Å². The normalized spacial score (nSPS) is 10.6. The Morgan fingerprint density at radius 2 is 1.81 bits per heavy atom. The third-order valence-corrected chi connectivity index (χ3v) is 3.94. The second kappa shape index (κ2) is 7.78. The van der Waals surface area contributed by atoms with E-state index in [-0.39, 0.29) is 11.7 Å². The quantitative estimate of drug-likeness (QED) is 0.654. The summed E-state index contributed by atoms with van der Waals surface area (Å²) in [6, 6.07) is 15.5. The lowest BCUT2D eigenvalue weighted by atomic mass is 10.0. The zero-order valence-electron chi connectivity index (χ0n) is 14.7. The summed E-state index contributed by atoms with van der Waals surface area (Å²) in [6.07, 6.45) is 3.09. The number of nitrogens with one attached hydrogen (secondary N) is 2. The average molecular weight is 349 g/mol. The number of amides is 1. The summed E-state index contributed by atoms with van der Waals surface area (Å²) in [5, 5.41) is 5.99. The molecule has 0 aliphatic rings.